The van der Waals surface area contributed by atoms with Crippen molar-refractivity contribution in [3.63, 3.8) is 0 Å². The molecule has 0 bridgehead atoms. The Morgan fingerprint density at radius 1 is 0.909 bits per heavy atom. The number of rotatable bonds is 5. The van der Waals surface area contributed by atoms with E-state index < -0.39 is 0 Å². The summed E-state index contributed by atoms with van der Waals surface area (Å²) in [5.74, 6) is 0.0571. The van der Waals surface area contributed by atoms with Crippen molar-refractivity contribution >= 4 is 23.2 Å². The molecule has 5 heteroatoms. The molecule has 1 aromatic heterocycles. The molecule has 114 valence electrons. The van der Waals surface area contributed by atoms with Gasteiger partial charge in [0.1, 0.15) is 6.54 Å². The summed E-state index contributed by atoms with van der Waals surface area (Å²) in [5.41, 5.74) is 1.05. The molecule has 1 saturated heterocycles. The fourth-order valence-electron chi connectivity index (χ4n) is 2.55. The molecule has 0 radical (unpaired) electrons. The van der Waals surface area contributed by atoms with Gasteiger partial charge in [0.2, 0.25) is 11.8 Å². The van der Waals surface area contributed by atoms with Crippen LogP contribution in [0.5, 0.6) is 0 Å². The first-order valence-corrected chi connectivity index (χ1v) is 8.22. The average Bonchev–Trinajstić information content (AvgIpc) is 3.04. The predicted octanol–water partition coefficient (Wildman–Crippen LogP) is 2.16. The third-order valence-electron chi connectivity index (χ3n) is 3.78. The lowest BCUT2D eigenvalue weighted by Crippen LogP contribution is -2.53. The van der Waals surface area contributed by atoms with Crippen molar-refractivity contribution in [1.82, 2.24) is 9.80 Å². The number of benzene rings is 1. The highest BCUT2D eigenvalue weighted by Crippen LogP contribution is 2.13. The first kappa shape index (κ1) is 14.8. The smallest absolute Gasteiger partial charge is 0.242 e. The van der Waals surface area contributed by atoms with Crippen molar-refractivity contribution in [2.75, 3.05) is 19.6 Å². The van der Waals surface area contributed by atoms with Crippen LogP contribution < -0.4 is 0 Å². The van der Waals surface area contributed by atoms with Crippen LogP contribution in [0.3, 0.4) is 0 Å². The minimum absolute atomic E-state index is 0.0228. The van der Waals surface area contributed by atoms with Gasteiger partial charge in [-0.2, -0.15) is 0 Å². The van der Waals surface area contributed by atoms with Gasteiger partial charge >= 0.3 is 0 Å². The van der Waals surface area contributed by atoms with E-state index in [1.807, 2.05) is 41.8 Å². The van der Waals surface area contributed by atoms with Crippen molar-refractivity contribution in [2.45, 2.75) is 13.0 Å². The second-order valence-corrected chi connectivity index (χ2v) is 6.41. The molecule has 0 saturated carbocycles. The first-order chi connectivity index (χ1) is 10.7. The van der Waals surface area contributed by atoms with Crippen LogP contribution in [0.2, 0.25) is 0 Å². The minimum atomic E-state index is 0.0228. The van der Waals surface area contributed by atoms with Crippen LogP contribution in [0.25, 0.3) is 0 Å². The second kappa shape index (κ2) is 6.75. The number of carbonyl (C=O) groups is 2. The van der Waals surface area contributed by atoms with Gasteiger partial charge in [-0.15, -0.1) is 11.3 Å². The molecule has 0 N–H and O–H groups in total. The average molecular weight is 314 g/mol. The van der Waals surface area contributed by atoms with Crippen LogP contribution in [-0.2, 0) is 22.6 Å². The van der Waals surface area contributed by atoms with Crippen molar-refractivity contribution in [2.24, 2.45) is 0 Å². The van der Waals surface area contributed by atoms with Gasteiger partial charge in [-0.3, -0.25) is 9.59 Å². The molecule has 4 nitrogen and oxygen atoms in total. The fraction of sp³-hybridized carbons (Fsp3) is 0.294. The summed E-state index contributed by atoms with van der Waals surface area (Å²) < 4.78 is 0. The SMILES string of the molecule is O=C1CN(Cc2ccccc2)C(=O)CN1CCc1cccs1. The summed E-state index contributed by atoms with van der Waals surface area (Å²) in [5, 5.41) is 2.03. The Bertz CT molecular complexity index is 640. The number of hydrogen-bond acceptors (Lipinski definition) is 3. The summed E-state index contributed by atoms with van der Waals surface area (Å²) in [6.45, 7) is 1.49. The maximum absolute atomic E-state index is 12.3. The minimum Gasteiger partial charge on any atom is -0.331 e. The van der Waals surface area contributed by atoms with Crippen LogP contribution in [0.1, 0.15) is 10.4 Å². The number of hydrogen-bond donors (Lipinski definition) is 0. The highest BCUT2D eigenvalue weighted by Gasteiger charge is 2.29. The number of amides is 2. The molecular weight excluding hydrogens is 296 g/mol. The molecule has 0 atom stereocenters. The Morgan fingerprint density at radius 3 is 2.36 bits per heavy atom. The van der Waals surface area contributed by atoms with Gasteiger partial charge in [0.15, 0.2) is 0 Å². The highest BCUT2D eigenvalue weighted by atomic mass is 32.1. The van der Waals surface area contributed by atoms with Crippen molar-refractivity contribution in [3.05, 3.63) is 58.3 Å². The van der Waals surface area contributed by atoms with Gasteiger partial charge in [0.05, 0.1) is 6.54 Å². The second-order valence-electron chi connectivity index (χ2n) is 5.38. The number of piperazine rings is 1. The first-order valence-electron chi connectivity index (χ1n) is 7.34. The maximum Gasteiger partial charge on any atom is 0.242 e. The van der Waals surface area contributed by atoms with Crippen LogP contribution in [0.15, 0.2) is 47.8 Å². The number of thiophene rings is 1. The van der Waals surface area contributed by atoms with Crippen LogP contribution >= 0.6 is 11.3 Å². The molecule has 0 unspecified atom stereocenters. The van der Waals surface area contributed by atoms with Gasteiger partial charge in [0.25, 0.3) is 0 Å². The molecular formula is C17H18N2O2S. The van der Waals surface area contributed by atoms with Crippen LogP contribution in [0.4, 0.5) is 0 Å². The van der Waals surface area contributed by atoms with Crippen molar-refractivity contribution in [1.29, 1.82) is 0 Å². The monoisotopic (exact) mass is 314 g/mol. The summed E-state index contributed by atoms with van der Waals surface area (Å²) in [6.07, 6.45) is 0.815. The molecule has 1 aromatic carbocycles. The van der Waals surface area contributed by atoms with Gasteiger partial charge in [0, 0.05) is 18.0 Å². The van der Waals surface area contributed by atoms with Gasteiger partial charge in [-0.1, -0.05) is 36.4 Å². The van der Waals surface area contributed by atoms with E-state index in [9.17, 15) is 9.59 Å². The highest BCUT2D eigenvalue weighted by molar-refractivity contribution is 7.09. The molecule has 22 heavy (non-hydrogen) atoms. The van der Waals surface area contributed by atoms with Crippen LogP contribution in [0, 0.1) is 0 Å². The standard InChI is InChI=1S/C17H18N2O2S/c20-16-13-19(11-14-5-2-1-3-6-14)17(21)12-18(16)9-8-15-7-4-10-22-15/h1-7,10H,8-9,11-13H2. The van der Waals surface area contributed by atoms with Gasteiger partial charge < -0.3 is 9.80 Å². The maximum atomic E-state index is 12.3. The predicted molar refractivity (Wildman–Crippen MR) is 86.5 cm³/mol. The van der Waals surface area contributed by atoms with Gasteiger partial charge in [-0.05, 0) is 23.4 Å². The molecule has 1 aliphatic heterocycles. The molecule has 1 fully saturated rings. The molecule has 3 rings (SSSR count). The zero-order valence-electron chi connectivity index (χ0n) is 12.3. The Balaban J connectivity index is 1.57. The lowest BCUT2D eigenvalue weighted by Gasteiger charge is -2.34. The van der Waals surface area contributed by atoms with E-state index in [0.29, 0.717) is 13.1 Å². The molecule has 0 spiro atoms. The van der Waals surface area contributed by atoms with Gasteiger partial charge in [-0.25, -0.2) is 0 Å². The quantitative estimate of drug-likeness (QED) is 0.848. The third-order valence-corrected chi connectivity index (χ3v) is 4.72. The summed E-state index contributed by atoms with van der Waals surface area (Å²) in [6, 6.07) is 13.8. The van der Waals surface area contributed by atoms with E-state index in [2.05, 4.69) is 6.07 Å². The van der Waals surface area contributed by atoms with Crippen LogP contribution in [-0.4, -0.2) is 41.2 Å². The van der Waals surface area contributed by atoms with E-state index >= 15 is 0 Å². The van der Waals surface area contributed by atoms with Crippen molar-refractivity contribution < 1.29 is 9.59 Å². The van der Waals surface area contributed by atoms with E-state index in [0.717, 1.165) is 12.0 Å². The zero-order valence-corrected chi connectivity index (χ0v) is 13.1. The lowest BCUT2D eigenvalue weighted by atomic mass is 10.2. The van der Waals surface area contributed by atoms with Crippen molar-refractivity contribution in [3.8, 4) is 0 Å². The number of nitrogens with zero attached hydrogens (tertiary/aromatic N) is 2. The zero-order chi connectivity index (χ0) is 15.4. The summed E-state index contributed by atoms with van der Waals surface area (Å²) in [7, 11) is 0. The lowest BCUT2D eigenvalue weighted by molar-refractivity contribution is -0.150. The fourth-order valence-corrected chi connectivity index (χ4v) is 3.25. The van der Waals surface area contributed by atoms with E-state index in [1.165, 1.54) is 4.88 Å². The summed E-state index contributed by atoms with van der Waals surface area (Å²) in [4.78, 5) is 29.0. The molecule has 2 aromatic rings. The third kappa shape index (κ3) is 3.54. The molecule has 0 aliphatic carbocycles. The van der Waals surface area contributed by atoms with E-state index in [4.69, 9.17) is 0 Å². The Kier molecular flexibility index (Phi) is 4.53. The Morgan fingerprint density at radius 2 is 1.64 bits per heavy atom. The Labute approximate surface area is 134 Å². The van der Waals surface area contributed by atoms with E-state index in [1.54, 1.807) is 21.1 Å². The van der Waals surface area contributed by atoms with E-state index in [-0.39, 0.29) is 24.9 Å². The molecule has 2 heterocycles. The largest absolute Gasteiger partial charge is 0.331 e. The normalized spacial score (nSPS) is 15.5. The molecule has 1 aliphatic rings. The molecule has 2 amide bonds. The Hall–Kier alpha value is -2.14. The topological polar surface area (TPSA) is 40.6 Å². The summed E-state index contributed by atoms with van der Waals surface area (Å²) >= 11 is 1.68. The number of carbonyl (C=O) groups excluding carboxylic acids is 2.